The Balaban J connectivity index is 2.14. The van der Waals surface area contributed by atoms with E-state index in [1.807, 2.05) is 6.07 Å². The maximum absolute atomic E-state index is 13.5. The van der Waals surface area contributed by atoms with E-state index in [0.717, 1.165) is 10.2 Å². The van der Waals surface area contributed by atoms with E-state index >= 15 is 0 Å². The van der Waals surface area contributed by atoms with Crippen LogP contribution in [0.25, 0.3) is 0 Å². The summed E-state index contributed by atoms with van der Waals surface area (Å²) in [5.74, 6) is 0.251. The van der Waals surface area contributed by atoms with Crippen LogP contribution in [0, 0.1) is 5.82 Å². The second-order valence-electron chi connectivity index (χ2n) is 3.65. The highest BCUT2D eigenvalue weighted by atomic mass is 79.9. The van der Waals surface area contributed by atoms with E-state index in [1.165, 1.54) is 6.07 Å². The Morgan fingerprint density at radius 1 is 1.39 bits per heavy atom. The minimum absolute atomic E-state index is 0.242. The third kappa shape index (κ3) is 2.98. The third-order valence-electron chi connectivity index (χ3n) is 2.44. The van der Waals surface area contributed by atoms with Crippen LogP contribution >= 0.6 is 15.9 Å². The average Bonchev–Trinajstić information content (AvgIpc) is 2.40. The van der Waals surface area contributed by atoms with Crippen LogP contribution < -0.4 is 10.1 Å². The number of hydrogen-bond acceptors (Lipinski definition) is 3. The van der Waals surface area contributed by atoms with Crippen LogP contribution in [-0.2, 0) is 6.54 Å². The van der Waals surface area contributed by atoms with Gasteiger partial charge in [-0.25, -0.2) is 9.37 Å². The number of nitrogens with one attached hydrogen (secondary N) is 1. The van der Waals surface area contributed by atoms with Gasteiger partial charge in [0.25, 0.3) is 0 Å². The molecule has 0 aliphatic carbocycles. The van der Waals surface area contributed by atoms with Crippen LogP contribution in [0.3, 0.4) is 0 Å². The largest absolute Gasteiger partial charge is 0.480 e. The van der Waals surface area contributed by atoms with Gasteiger partial charge in [-0.05, 0) is 30.3 Å². The molecule has 2 rings (SSSR count). The number of aromatic nitrogens is 1. The van der Waals surface area contributed by atoms with Crippen LogP contribution in [-0.4, -0.2) is 12.1 Å². The first kappa shape index (κ1) is 12.8. The fraction of sp³-hybridized carbons (Fsp3) is 0.154. The van der Waals surface area contributed by atoms with Crippen LogP contribution in [0.1, 0.15) is 5.56 Å². The first-order valence-corrected chi connectivity index (χ1v) is 6.17. The summed E-state index contributed by atoms with van der Waals surface area (Å²) >= 11 is 3.32. The molecular weight excluding hydrogens is 299 g/mol. The van der Waals surface area contributed by atoms with Gasteiger partial charge in [0.2, 0.25) is 5.88 Å². The van der Waals surface area contributed by atoms with E-state index in [1.54, 1.807) is 31.5 Å². The van der Waals surface area contributed by atoms with Gasteiger partial charge < -0.3 is 10.1 Å². The topological polar surface area (TPSA) is 34.1 Å². The molecule has 1 aromatic carbocycles. The summed E-state index contributed by atoms with van der Waals surface area (Å²) in [6.45, 7) is 0.368. The van der Waals surface area contributed by atoms with Gasteiger partial charge in [0.15, 0.2) is 0 Å². The number of pyridine rings is 1. The van der Waals surface area contributed by atoms with E-state index in [2.05, 4.69) is 26.2 Å². The number of benzene rings is 1. The molecule has 0 saturated carbocycles. The smallest absolute Gasteiger partial charge is 0.237 e. The van der Waals surface area contributed by atoms with E-state index < -0.39 is 0 Å². The fourth-order valence-corrected chi connectivity index (χ4v) is 1.97. The van der Waals surface area contributed by atoms with Gasteiger partial charge in [0.05, 0.1) is 12.8 Å². The molecule has 2 aromatic rings. The summed E-state index contributed by atoms with van der Waals surface area (Å²) in [5.41, 5.74) is 1.31. The number of anilines is 1. The third-order valence-corrected chi connectivity index (χ3v) is 2.93. The zero-order valence-electron chi connectivity index (χ0n) is 9.78. The van der Waals surface area contributed by atoms with Crippen molar-refractivity contribution in [2.45, 2.75) is 6.54 Å². The standard InChI is InChI=1S/C13H12BrFN2O/c1-18-13-12(3-2-6-16-13)17-8-9-7-10(14)4-5-11(9)15/h2-7,17H,8H2,1H3. The number of ether oxygens (including phenoxy) is 1. The number of halogens is 2. The van der Waals surface area contributed by atoms with Gasteiger partial charge in [0.1, 0.15) is 5.82 Å². The Hall–Kier alpha value is -1.62. The van der Waals surface area contributed by atoms with Crippen LogP contribution in [0.15, 0.2) is 41.0 Å². The average molecular weight is 311 g/mol. The maximum atomic E-state index is 13.5. The Morgan fingerprint density at radius 3 is 3.00 bits per heavy atom. The summed E-state index contributed by atoms with van der Waals surface area (Å²) in [6.07, 6.45) is 1.64. The first-order chi connectivity index (χ1) is 8.70. The maximum Gasteiger partial charge on any atom is 0.237 e. The fourth-order valence-electron chi connectivity index (χ4n) is 1.56. The van der Waals surface area contributed by atoms with E-state index in [0.29, 0.717) is 18.0 Å². The minimum Gasteiger partial charge on any atom is -0.480 e. The molecular formula is C13H12BrFN2O. The van der Waals surface area contributed by atoms with Crippen molar-refractivity contribution in [1.82, 2.24) is 4.98 Å². The van der Waals surface area contributed by atoms with E-state index in [9.17, 15) is 4.39 Å². The molecule has 5 heteroatoms. The molecule has 94 valence electrons. The van der Waals surface area contributed by atoms with Crippen molar-refractivity contribution in [1.29, 1.82) is 0 Å². The Bertz CT molecular complexity index is 548. The van der Waals surface area contributed by atoms with Crippen LogP contribution in [0.2, 0.25) is 0 Å². The highest BCUT2D eigenvalue weighted by molar-refractivity contribution is 9.10. The quantitative estimate of drug-likeness (QED) is 0.937. The highest BCUT2D eigenvalue weighted by Crippen LogP contribution is 2.22. The first-order valence-electron chi connectivity index (χ1n) is 5.37. The molecule has 0 bridgehead atoms. The monoisotopic (exact) mass is 310 g/mol. The molecule has 1 heterocycles. The van der Waals surface area contributed by atoms with Crippen molar-refractivity contribution in [3.05, 3.63) is 52.4 Å². The molecule has 0 atom stereocenters. The van der Waals surface area contributed by atoms with Crippen molar-refractivity contribution in [2.75, 3.05) is 12.4 Å². The lowest BCUT2D eigenvalue weighted by Gasteiger charge is -2.10. The van der Waals surface area contributed by atoms with E-state index in [4.69, 9.17) is 4.74 Å². The molecule has 0 saturated heterocycles. The van der Waals surface area contributed by atoms with Crippen molar-refractivity contribution in [2.24, 2.45) is 0 Å². The Labute approximate surface area is 113 Å². The molecule has 3 nitrogen and oxygen atoms in total. The summed E-state index contributed by atoms with van der Waals surface area (Å²) < 4.78 is 19.5. The summed E-state index contributed by atoms with van der Waals surface area (Å²) in [4.78, 5) is 4.06. The second-order valence-corrected chi connectivity index (χ2v) is 4.57. The number of hydrogen-bond donors (Lipinski definition) is 1. The van der Waals surface area contributed by atoms with Gasteiger partial charge in [-0.15, -0.1) is 0 Å². The van der Waals surface area contributed by atoms with Crippen molar-refractivity contribution >= 4 is 21.6 Å². The predicted octanol–water partition coefficient (Wildman–Crippen LogP) is 3.60. The van der Waals surface area contributed by atoms with Gasteiger partial charge in [-0.1, -0.05) is 15.9 Å². The lowest BCUT2D eigenvalue weighted by Crippen LogP contribution is -2.04. The minimum atomic E-state index is -0.242. The van der Waals surface area contributed by atoms with Gasteiger partial charge in [0, 0.05) is 22.8 Å². The molecule has 0 amide bonds. The zero-order valence-corrected chi connectivity index (χ0v) is 11.4. The molecule has 18 heavy (non-hydrogen) atoms. The summed E-state index contributed by atoms with van der Waals surface area (Å²) in [5, 5.41) is 3.10. The number of rotatable bonds is 4. The normalized spacial score (nSPS) is 10.2. The molecule has 0 aliphatic rings. The number of methoxy groups -OCH3 is 1. The lowest BCUT2D eigenvalue weighted by atomic mass is 10.2. The molecule has 0 spiro atoms. The SMILES string of the molecule is COc1ncccc1NCc1cc(Br)ccc1F. The molecule has 0 fully saturated rings. The molecule has 1 aromatic heterocycles. The molecule has 1 N–H and O–H groups in total. The predicted molar refractivity (Wildman–Crippen MR) is 72.2 cm³/mol. The molecule has 0 aliphatic heterocycles. The van der Waals surface area contributed by atoms with Crippen LogP contribution in [0.4, 0.5) is 10.1 Å². The van der Waals surface area contributed by atoms with Crippen LogP contribution in [0.5, 0.6) is 5.88 Å². The van der Waals surface area contributed by atoms with Gasteiger partial charge in [-0.3, -0.25) is 0 Å². The lowest BCUT2D eigenvalue weighted by molar-refractivity contribution is 0.399. The number of nitrogens with zero attached hydrogens (tertiary/aromatic N) is 1. The second kappa shape index (κ2) is 5.82. The van der Waals surface area contributed by atoms with Crippen molar-refractivity contribution < 1.29 is 9.13 Å². The highest BCUT2D eigenvalue weighted by Gasteiger charge is 2.06. The van der Waals surface area contributed by atoms with E-state index in [-0.39, 0.29) is 5.82 Å². The Kier molecular flexibility index (Phi) is 4.15. The molecule has 0 unspecified atom stereocenters. The van der Waals surface area contributed by atoms with Gasteiger partial charge in [-0.2, -0.15) is 0 Å². The van der Waals surface area contributed by atoms with Crippen molar-refractivity contribution in [3.8, 4) is 5.88 Å². The van der Waals surface area contributed by atoms with Crippen molar-refractivity contribution in [3.63, 3.8) is 0 Å². The zero-order chi connectivity index (χ0) is 13.0. The summed E-state index contributed by atoms with van der Waals surface area (Å²) in [6, 6.07) is 8.47. The summed E-state index contributed by atoms with van der Waals surface area (Å²) in [7, 11) is 1.55. The molecule has 0 radical (unpaired) electrons. The Morgan fingerprint density at radius 2 is 2.22 bits per heavy atom. The van der Waals surface area contributed by atoms with Gasteiger partial charge >= 0.3 is 0 Å².